The van der Waals surface area contributed by atoms with E-state index >= 15 is 0 Å². The lowest BCUT2D eigenvalue weighted by Gasteiger charge is -2.14. The van der Waals surface area contributed by atoms with Gasteiger partial charge < -0.3 is 5.32 Å². The Hall–Kier alpha value is -1.05. The molecule has 0 heterocycles. The Balaban J connectivity index is 2.63. The van der Waals surface area contributed by atoms with Crippen LogP contribution in [0.1, 0.15) is 32.3 Å². The normalized spacial score (nSPS) is 12.6. The van der Waals surface area contributed by atoms with Crippen LogP contribution in [0.25, 0.3) is 0 Å². The molecule has 0 saturated carbocycles. The van der Waals surface area contributed by atoms with E-state index in [0.717, 1.165) is 18.5 Å². The summed E-state index contributed by atoms with van der Waals surface area (Å²) in [6.45, 7) is 6.03. The van der Waals surface area contributed by atoms with Crippen molar-refractivity contribution < 1.29 is 4.39 Å². The molecule has 1 N–H and O–H groups in total. The summed E-state index contributed by atoms with van der Waals surface area (Å²) in [7, 11) is 0. The van der Waals surface area contributed by atoms with Gasteiger partial charge in [0.1, 0.15) is 5.82 Å². The van der Waals surface area contributed by atoms with Gasteiger partial charge in [-0.15, -0.1) is 0 Å². The molecule has 14 heavy (non-hydrogen) atoms. The summed E-state index contributed by atoms with van der Waals surface area (Å²) in [5, 5.41) is 3.27. The van der Waals surface area contributed by atoms with E-state index in [9.17, 15) is 4.39 Å². The summed E-state index contributed by atoms with van der Waals surface area (Å²) < 4.78 is 13.2. The maximum absolute atomic E-state index is 13.2. The smallest absolute Gasteiger partial charge is 0.128 e. The summed E-state index contributed by atoms with van der Waals surface area (Å²) >= 11 is 0. The Morgan fingerprint density at radius 3 is 2.71 bits per heavy atom. The fourth-order valence-corrected chi connectivity index (χ4v) is 1.47. The van der Waals surface area contributed by atoms with Crippen molar-refractivity contribution in [1.29, 1.82) is 0 Å². The number of hydrogen-bond acceptors (Lipinski definition) is 1. The van der Waals surface area contributed by atoms with Crippen molar-refractivity contribution in [2.45, 2.75) is 39.7 Å². The van der Waals surface area contributed by atoms with Crippen LogP contribution in [-0.4, -0.2) is 6.04 Å². The molecule has 0 bridgehead atoms. The molecule has 1 aromatic carbocycles. The average molecular weight is 195 g/mol. The Labute approximate surface area is 85.3 Å². The van der Waals surface area contributed by atoms with E-state index in [-0.39, 0.29) is 5.82 Å². The standard InChI is InChI=1S/C12H18FN/c1-4-5-10(3)14-11-7-6-9(2)12(13)8-11/h6-8,10,14H,4-5H2,1-3H3. The number of hydrogen-bond donors (Lipinski definition) is 1. The first kappa shape index (κ1) is 11.0. The third-order valence-electron chi connectivity index (χ3n) is 2.31. The van der Waals surface area contributed by atoms with Gasteiger partial charge in [0.15, 0.2) is 0 Å². The molecular weight excluding hydrogens is 177 g/mol. The minimum absolute atomic E-state index is 0.140. The van der Waals surface area contributed by atoms with Crippen molar-refractivity contribution in [2.75, 3.05) is 5.32 Å². The third-order valence-corrected chi connectivity index (χ3v) is 2.31. The van der Waals surface area contributed by atoms with Gasteiger partial charge in [-0.2, -0.15) is 0 Å². The van der Waals surface area contributed by atoms with Crippen LogP contribution in [0.4, 0.5) is 10.1 Å². The van der Waals surface area contributed by atoms with Gasteiger partial charge in [-0.1, -0.05) is 19.4 Å². The second-order valence-electron chi connectivity index (χ2n) is 3.80. The molecule has 0 amide bonds. The molecule has 1 unspecified atom stereocenters. The first-order valence-electron chi connectivity index (χ1n) is 5.16. The van der Waals surface area contributed by atoms with Crippen LogP contribution in [0.2, 0.25) is 0 Å². The molecule has 1 nitrogen and oxygen atoms in total. The summed E-state index contributed by atoms with van der Waals surface area (Å²) in [4.78, 5) is 0. The summed E-state index contributed by atoms with van der Waals surface area (Å²) in [5.41, 5.74) is 1.56. The first-order valence-corrected chi connectivity index (χ1v) is 5.16. The zero-order valence-corrected chi connectivity index (χ0v) is 9.10. The predicted molar refractivity (Wildman–Crippen MR) is 59.1 cm³/mol. The van der Waals surface area contributed by atoms with Crippen LogP contribution in [-0.2, 0) is 0 Å². The molecule has 2 heteroatoms. The van der Waals surface area contributed by atoms with Crippen molar-refractivity contribution in [3.8, 4) is 0 Å². The molecule has 0 fully saturated rings. The molecule has 1 aromatic rings. The number of aryl methyl sites for hydroxylation is 1. The maximum atomic E-state index is 13.2. The Morgan fingerprint density at radius 2 is 2.14 bits per heavy atom. The number of benzene rings is 1. The van der Waals surface area contributed by atoms with Gasteiger partial charge in [0, 0.05) is 11.7 Å². The first-order chi connectivity index (χ1) is 6.63. The zero-order chi connectivity index (χ0) is 10.6. The molecule has 0 spiro atoms. The second-order valence-corrected chi connectivity index (χ2v) is 3.80. The van der Waals surface area contributed by atoms with E-state index in [0.29, 0.717) is 11.6 Å². The molecule has 1 rings (SSSR count). The summed E-state index contributed by atoms with van der Waals surface area (Å²) in [5.74, 6) is -0.140. The Bertz CT molecular complexity index is 296. The number of halogens is 1. The van der Waals surface area contributed by atoms with Crippen molar-refractivity contribution in [1.82, 2.24) is 0 Å². The van der Waals surface area contributed by atoms with Crippen LogP contribution < -0.4 is 5.32 Å². The summed E-state index contributed by atoms with van der Waals surface area (Å²) in [6.07, 6.45) is 2.25. The molecule has 0 aliphatic rings. The molecule has 0 aliphatic heterocycles. The van der Waals surface area contributed by atoms with E-state index in [1.54, 1.807) is 19.1 Å². The van der Waals surface area contributed by atoms with Gasteiger partial charge in [-0.25, -0.2) is 4.39 Å². The van der Waals surface area contributed by atoms with E-state index in [4.69, 9.17) is 0 Å². The number of anilines is 1. The highest BCUT2D eigenvalue weighted by Crippen LogP contribution is 2.15. The molecule has 0 saturated heterocycles. The van der Waals surface area contributed by atoms with Gasteiger partial charge >= 0.3 is 0 Å². The third kappa shape index (κ3) is 3.02. The lowest BCUT2D eigenvalue weighted by atomic mass is 10.1. The molecule has 1 atom stereocenters. The van der Waals surface area contributed by atoms with Gasteiger partial charge in [0.25, 0.3) is 0 Å². The minimum Gasteiger partial charge on any atom is -0.383 e. The zero-order valence-electron chi connectivity index (χ0n) is 9.10. The van der Waals surface area contributed by atoms with Crippen molar-refractivity contribution in [3.63, 3.8) is 0 Å². The fourth-order valence-electron chi connectivity index (χ4n) is 1.47. The fraction of sp³-hybridized carbons (Fsp3) is 0.500. The highest BCUT2D eigenvalue weighted by Gasteiger charge is 2.02. The quantitative estimate of drug-likeness (QED) is 0.771. The monoisotopic (exact) mass is 195 g/mol. The molecular formula is C12H18FN. The topological polar surface area (TPSA) is 12.0 Å². The van der Waals surface area contributed by atoms with Gasteiger partial charge in [0.05, 0.1) is 0 Å². The van der Waals surface area contributed by atoms with Crippen LogP contribution >= 0.6 is 0 Å². The molecule has 78 valence electrons. The van der Waals surface area contributed by atoms with E-state index in [1.165, 1.54) is 0 Å². The maximum Gasteiger partial charge on any atom is 0.128 e. The van der Waals surface area contributed by atoms with Crippen molar-refractivity contribution in [3.05, 3.63) is 29.6 Å². The number of rotatable bonds is 4. The average Bonchev–Trinajstić information content (AvgIpc) is 2.12. The SMILES string of the molecule is CCCC(C)Nc1ccc(C)c(F)c1. The lowest BCUT2D eigenvalue weighted by molar-refractivity contribution is 0.617. The van der Waals surface area contributed by atoms with Gasteiger partial charge in [-0.3, -0.25) is 0 Å². The lowest BCUT2D eigenvalue weighted by Crippen LogP contribution is -2.14. The van der Waals surface area contributed by atoms with Crippen LogP contribution in [0, 0.1) is 12.7 Å². The van der Waals surface area contributed by atoms with E-state index in [2.05, 4.69) is 19.2 Å². The van der Waals surface area contributed by atoms with Gasteiger partial charge in [-0.05, 0) is 38.0 Å². The van der Waals surface area contributed by atoms with E-state index in [1.807, 2.05) is 6.07 Å². The highest BCUT2D eigenvalue weighted by molar-refractivity contribution is 5.45. The second kappa shape index (κ2) is 4.99. The summed E-state index contributed by atoms with van der Waals surface area (Å²) in [6, 6.07) is 5.68. The molecule has 0 radical (unpaired) electrons. The van der Waals surface area contributed by atoms with Crippen molar-refractivity contribution >= 4 is 5.69 Å². The predicted octanol–water partition coefficient (Wildman–Crippen LogP) is 3.73. The van der Waals surface area contributed by atoms with E-state index < -0.39 is 0 Å². The van der Waals surface area contributed by atoms with Crippen LogP contribution in [0.5, 0.6) is 0 Å². The molecule has 0 aromatic heterocycles. The van der Waals surface area contributed by atoms with Gasteiger partial charge in [0.2, 0.25) is 0 Å². The minimum atomic E-state index is -0.140. The van der Waals surface area contributed by atoms with Crippen LogP contribution in [0.15, 0.2) is 18.2 Å². The molecule has 0 aliphatic carbocycles. The highest BCUT2D eigenvalue weighted by atomic mass is 19.1. The Kier molecular flexibility index (Phi) is 3.93. The Morgan fingerprint density at radius 1 is 1.43 bits per heavy atom. The van der Waals surface area contributed by atoms with Crippen molar-refractivity contribution in [2.24, 2.45) is 0 Å². The largest absolute Gasteiger partial charge is 0.383 e. The van der Waals surface area contributed by atoms with Crippen LogP contribution in [0.3, 0.4) is 0 Å². The number of nitrogens with one attached hydrogen (secondary N) is 1.